The minimum absolute atomic E-state index is 0.0376. The predicted molar refractivity (Wildman–Crippen MR) is 84.9 cm³/mol. The van der Waals surface area contributed by atoms with Gasteiger partial charge in [-0.05, 0) is 28.7 Å². The summed E-state index contributed by atoms with van der Waals surface area (Å²) in [6.07, 6.45) is 7.61. The number of carbonyl (C=O) groups is 1. The smallest absolute Gasteiger partial charge is 0.247 e. The summed E-state index contributed by atoms with van der Waals surface area (Å²) >= 11 is 3.48. The van der Waals surface area contributed by atoms with Crippen LogP contribution in [0.15, 0.2) is 41.7 Å². The lowest BCUT2D eigenvalue weighted by Crippen LogP contribution is -2.66. The molecule has 0 radical (unpaired) electrons. The number of rotatable bonds is 4. The molecular formula is C14H15N3OS2. The topological polar surface area (TPSA) is 59.2 Å². The molecule has 1 unspecified atom stereocenters. The van der Waals surface area contributed by atoms with E-state index in [9.17, 15) is 4.79 Å². The van der Waals surface area contributed by atoms with E-state index in [1.165, 1.54) is 5.57 Å². The molecule has 0 spiro atoms. The first-order valence-corrected chi connectivity index (χ1v) is 8.42. The van der Waals surface area contributed by atoms with E-state index in [0.29, 0.717) is 0 Å². The van der Waals surface area contributed by atoms with Crippen LogP contribution >= 0.6 is 23.5 Å². The van der Waals surface area contributed by atoms with Gasteiger partial charge in [-0.2, -0.15) is 0 Å². The van der Waals surface area contributed by atoms with E-state index < -0.39 is 0 Å². The van der Waals surface area contributed by atoms with Crippen molar-refractivity contribution in [3.05, 3.63) is 47.3 Å². The molecule has 6 heteroatoms. The second-order valence-corrected chi connectivity index (χ2v) is 6.66. The molecule has 1 aromatic rings. The van der Waals surface area contributed by atoms with Gasteiger partial charge in [0.2, 0.25) is 5.91 Å². The van der Waals surface area contributed by atoms with Crippen molar-refractivity contribution in [2.24, 2.45) is 5.73 Å². The number of fused-ring (bicyclic) bond motifs is 1. The van der Waals surface area contributed by atoms with Crippen LogP contribution in [0.5, 0.6) is 0 Å². The second kappa shape index (κ2) is 6.03. The van der Waals surface area contributed by atoms with Gasteiger partial charge in [-0.25, -0.2) is 0 Å². The van der Waals surface area contributed by atoms with Crippen LogP contribution in [0.1, 0.15) is 5.56 Å². The summed E-state index contributed by atoms with van der Waals surface area (Å²) in [5.41, 5.74) is 8.11. The van der Waals surface area contributed by atoms with Gasteiger partial charge in [-0.3, -0.25) is 9.78 Å². The van der Waals surface area contributed by atoms with Crippen molar-refractivity contribution in [2.75, 3.05) is 11.5 Å². The number of hydrogen-bond donors (Lipinski definition) is 1. The SMILES string of the molecule is NC1C(=O)N2C=C(CS/C=C\c3cccnc3)CS[C@H]12. The van der Waals surface area contributed by atoms with Gasteiger partial charge in [-0.15, -0.1) is 23.5 Å². The van der Waals surface area contributed by atoms with E-state index in [1.54, 1.807) is 34.6 Å². The highest BCUT2D eigenvalue weighted by atomic mass is 32.2. The lowest BCUT2D eigenvalue weighted by Gasteiger charge is -2.45. The maximum absolute atomic E-state index is 11.6. The van der Waals surface area contributed by atoms with Gasteiger partial charge >= 0.3 is 0 Å². The third-order valence-electron chi connectivity index (χ3n) is 3.19. The van der Waals surface area contributed by atoms with Gasteiger partial charge < -0.3 is 10.6 Å². The number of amides is 1. The Bertz CT molecular complexity index is 559. The van der Waals surface area contributed by atoms with Crippen LogP contribution in [0, 0.1) is 0 Å². The average Bonchev–Trinajstić information content (AvgIpc) is 2.51. The van der Waals surface area contributed by atoms with Gasteiger partial charge in [0.1, 0.15) is 11.4 Å². The standard InChI is InChI=1S/C14H15N3OS2/c15-12-13(18)17-7-11(9-20-14(12)17)8-19-5-3-10-2-1-4-16-6-10/h1-7,12,14H,8-9,15H2/b5-3-/t12?,14-/m1/s1. The van der Waals surface area contributed by atoms with Gasteiger partial charge in [0.15, 0.2) is 0 Å². The van der Waals surface area contributed by atoms with Crippen molar-refractivity contribution in [2.45, 2.75) is 11.4 Å². The van der Waals surface area contributed by atoms with E-state index in [1.807, 2.05) is 30.6 Å². The third-order valence-corrected chi connectivity index (χ3v) is 5.46. The third kappa shape index (κ3) is 2.77. The van der Waals surface area contributed by atoms with E-state index >= 15 is 0 Å². The van der Waals surface area contributed by atoms with Crippen LogP contribution < -0.4 is 5.73 Å². The Labute approximate surface area is 126 Å². The van der Waals surface area contributed by atoms with Crippen LogP contribution in [0.25, 0.3) is 6.08 Å². The molecule has 2 aliphatic rings. The lowest BCUT2D eigenvalue weighted by molar-refractivity contribution is -0.140. The molecule has 104 valence electrons. The first kappa shape index (κ1) is 13.7. The van der Waals surface area contributed by atoms with Crippen molar-refractivity contribution in [3.63, 3.8) is 0 Å². The second-order valence-electron chi connectivity index (χ2n) is 4.66. The number of nitrogens with two attached hydrogens (primary N) is 1. The summed E-state index contributed by atoms with van der Waals surface area (Å²) in [7, 11) is 0. The molecule has 1 amide bonds. The van der Waals surface area contributed by atoms with Crippen molar-refractivity contribution >= 4 is 35.5 Å². The molecular weight excluding hydrogens is 290 g/mol. The fourth-order valence-electron chi connectivity index (χ4n) is 2.09. The van der Waals surface area contributed by atoms with Crippen LogP contribution in [-0.4, -0.2) is 38.7 Å². The Balaban J connectivity index is 1.51. The molecule has 1 saturated heterocycles. The number of pyridine rings is 1. The van der Waals surface area contributed by atoms with E-state index in [4.69, 9.17) is 5.73 Å². The van der Waals surface area contributed by atoms with E-state index in [2.05, 4.69) is 10.4 Å². The monoisotopic (exact) mass is 305 g/mol. The van der Waals surface area contributed by atoms with Crippen LogP contribution in [0.4, 0.5) is 0 Å². The number of aromatic nitrogens is 1. The number of nitrogens with zero attached hydrogens (tertiary/aromatic N) is 2. The lowest BCUT2D eigenvalue weighted by atomic mass is 10.1. The summed E-state index contributed by atoms with van der Waals surface area (Å²) in [5.74, 6) is 1.89. The van der Waals surface area contributed by atoms with Crippen molar-refractivity contribution < 1.29 is 4.79 Å². The highest BCUT2D eigenvalue weighted by Crippen LogP contribution is 2.35. The Hall–Kier alpha value is -1.24. The van der Waals surface area contributed by atoms with E-state index in [0.717, 1.165) is 17.1 Å². The fraction of sp³-hybridized carbons (Fsp3) is 0.286. The molecule has 2 N–H and O–H groups in total. The van der Waals surface area contributed by atoms with Gasteiger partial charge in [0, 0.05) is 30.1 Å². The Morgan fingerprint density at radius 1 is 1.60 bits per heavy atom. The molecule has 0 aromatic carbocycles. The van der Waals surface area contributed by atoms with Crippen molar-refractivity contribution in [1.82, 2.24) is 9.88 Å². The highest BCUT2D eigenvalue weighted by molar-refractivity contribution is 8.02. The zero-order valence-corrected chi connectivity index (χ0v) is 12.4. The zero-order valence-electron chi connectivity index (χ0n) is 10.8. The minimum atomic E-state index is -0.309. The maximum Gasteiger partial charge on any atom is 0.247 e. The average molecular weight is 305 g/mol. The molecule has 1 fully saturated rings. The van der Waals surface area contributed by atoms with Gasteiger partial charge in [-0.1, -0.05) is 6.07 Å². The number of hydrogen-bond acceptors (Lipinski definition) is 5. The Morgan fingerprint density at radius 2 is 2.50 bits per heavy atom. The van der Waals surface area contributed by atoms with Gasteiger partial charge in [0.05, 0.1) is 0 Å². The largest absolute Gasteiger partial charge is 0.317 e. The summed E-state index contributed by atoms with van der Waals surface area (Å²) in [6, 6.07) is 3.63. The molecule has 0 bridgehead atoms. The van der Waals surface area contributed by atoms with Crippen molar-refractivity contribution in [1.29, 1.82) is 0 Å². The Morgan fingerprint density at radius 3 is 3.30 bits per heavy atom. The quantitative estimate of drug-likeness (QED) is 0.861. The minimum Gasteiger partial charge on any atom is -0.317 e. The molecule has 2 atom stereocenters. The van der Waals surface area contributed by atoms with Crippen molar-refractivity contribution in [3.8, 4) is 0 Å². The number of thioether (sulfide) groups is 2. The summed E-state index contributed by atoms with van der Waals surface area (Å²) in [6.45, 7) is 0. The first-order valence-electron chi connectivity index (χ1n) is 6.33. The maximum atomic E-state index is 11.6. The fourth-order valence-corrected chi connectivity index (χ4v) is 4.17. The van der Waals surface area contributed by atoms with Crippen LogP contribution in [0.3, 0.4) is 0 Å². The van der Waals surface area contributed by atoms with Gasteiger partial charge in [0.25, 0.3) is 0 Å². The molecule has 2 aliphatic heterocycles. The van der Waals surface area contributed by atoms with Crippen LogP contribution in [-0.2, 0) is 4.79 Å². The van der Waals surface area contributed by atoms with Crippen LogP contribution in [0.2, 0.25) is 0 Å². The van der Waals surface area contributed by atoms with E-state index in [-0.39, 0.29) is 17.3 Å². The molecule has 0 aliphatic carbocycles. The molecule has 3 rings (SSSR count). The number of β-lactam (4-membered cyclic amide) rings is 1. The number of carbonyl (C=O) groups excluding carboxylic acids is 1. The summed E-state index contributed by atoms with van der Waals surface area (Å²) < 4.78 is 0. The highest BCUT2D eigenvalue weighted by Gasteiger charge is 2.45. The molecule has 4 nitrogen and oxygen atoms in total. The zero-order chi connectivity index (χ0) is 13.9. The first-order chi connectivity index (χ1) is 9.75. The molecule has 0 saturated carbocycles. The molecule has 3 heterocycles. The molecule has 20 heavy (non-hydrogen) atoms. The summed E-state index contributed by atoms with van der Waals surface area (Å²) in [4.78, 5) is 17.4. The predicted octanol–water partition coefficient (Wildman–Crippen LogP) is 1.91. The Kier molecular flexibility index (Phi) is 4.14. The summed E-state index contributed by atoms with van der Waals surface area (Å²) in [5, 5.41) is 2.22. The molecule has 1 aromatic heterocycles. The normalized spacial score (nSPS) is 25.4.